The molecule has 1 atom stereocenters. The number of thiazole rings is 1. The second-order valence-electron chi connectivity index (χ2n) is 6.86. The molecule has 0 aliphatic carbocycles. The summed E-state index contributed by atoms with van der Waals surface area (Å²) >= 11 is 1.69. The molecule has 0 radical (unpaired) electrons. The summed E-state index contributed by atoms with van der Waals surface area (Å²) < 4.78 is 27.1. The van der Waals surface area contributed by atoms with E-state index in [0.29, 0.717) is 24.6 Å². The van der Waals surface area contributed by atoms with Crippen LogP contribution in [0.15, 0.2) is 28.6 Å². The number of benzene rings is 1. The van der Waals surface area contributed by atoms with Gasteiger partial charge in [-0.1, -0.05) is 6.07 Å². The first-order chi connectivity index (χ1) is 13.6. The number of aliphatic imine (C=N–C) groups is 1. The zero-order valence-corrected chi connectivity index (χ0v) is 17.2. The maximum absolute atomic E-state index is 14.0. The Bertz CT molecular complexity index is 802. The third-order valence-corrected chi connectivity index (χ3v) is 5.63. The molecule has 1 aromatic heterocycles. The van der Waals surface area contributed by atoms with Crippen molar-refractivity contribution in [3.05, 3.63) is 46.5 Å². The summed E-state index contributed by atoms with van der Waals surface area (Å²) in [6, 6.07) is 3.29. The van der Waals surface area contributed by atoms with Gasteiger partial charge in [0.2, 0.25) is 0 Å². The van der Waals surface area contributed by atoms with Crippen molar-refractivity contribution in [3.63, 3.8) is 0 Å². The Morgan fingerprint density at radius 1 is 1.32 bits per heavy atom. The predicted molar refractivity (Wildman–Crippen MR) is 111 cm³/mol. The van der Waals surface area contributed by atoms with Crippen molar-refractivity contribution < 1.29 is 8.78 Å². The van der Waals surface area contributed by atoms with E-state index in [-0.39, 0.29) is 6.04 Å². The second kappa shape index (κ2) is 9.82. The summed E-state index contributed by atoms with van der Waals surface area (Å²) in [7, 11) is 0. The molecular weight excluding hydrogens is 380 g/mol. The van der Waals surface area contributed by atoms with Crippen LogP contribution in [-0.2, 0) is 6.42 Å². The third-order valence-electron chi connectivity index (χ3n) is 4.68. The Kier molecular flexibility index (Phi) is 7.19. The molecule has 0 amide bonds. The number of rotatable bonds is 7. The molecule has 152 valence electrons. The smallest absolute Gasteiger partial charge is 0.191 e. The van der Waals surface area contributed by atoms with Crippen LogP contribution in [0, 0.1) is 11.6 Å². The van der Waals surface area contributed by atoms with Gasteiger partial charge < -0.3 is 15.5 Å². The highest BCUT2D eigenvalue weighted by atomic mass is 32.1. The van der Waals surface area contributed by atoms with Gasteiger partial charge in [0.05, 0.1) is 11.7 Å². The van der Waals surface area contributed by atoms with Gasteiger partial charge in [-0.25, -0.2) is 13.8 Å². The number of hydrogen-bond acceptors (Lipinski definition) is 4. The normalized spacial score (nSPS) is 15.7. The summed E-state index contributed by atoms with van der Waals surface area (Å²) in [5.74, 6) is -0.535. The van der Waals surface area contributed by atoms with E-state index in [2.05, 4.69) is 25.9 Å². The predicted octanol–water partition coefficient (Wildman–Crippen LogP) is 3.88. The first-order valence-corrected chi connectivity index (χ1v) is 10.6. The highest BCUT2D eigenvalue weighted by molar-refractivity contribution is 7.13. The molecule has 2 heterocycles. The number of nitrogens with one attached hydrogen (secondary N) is 2. The maximum Gasteiger partial charge on any atom is 0.191 e. The van der Waals surface area contributed by atoms with Crippen molar-refractivity contribution in [1.82, 2.24) is 15.6 Å². The van der Waals surface area contributed by atoms with Crippen LogP contribution < -0.4 is 15.5 Å². The molecule has 1 fully saturated rings. The van der Waals surface area contributed by atoms with E-state index < -0.39 is 11.6 Å². The molecule has 1 saturated heterocycles. The molecule has 1 aliphatic rings. The largest absolute Gasteiger partial charge is 0.357 e. The second-order valence-corrected chi connectivity index (χ2v) is 7.69. The molecule has 2 N–H and O–H groups in total. The molecule has 1 aromatic carbocycles. The molecule has 0 spiro atoms. The lowest BCUT2D eigenvalue weighted by Crippen LogP contribution is -2.39. The maximum atomic E-state index is 14.0. The molecule has 3 rings (SSSR count). The van der Waals surface area contributed by atoms with Gasteiger partial charge in [0.1, 0.15) is 11.6 Å². The molecule has 2 aromatic rings. The number of anilines is 1. The fraction of sp³-hybridized carbons (Fsp3) is 0.500. The van der Waals surface area contributed by atoms with Gasteiger partial charge in [-0.3, -0.25) is 4.99 Å². The van der Waals surface area contributed by atoms with E-state index in [4.69, 9.17) is 4.98 Å². The van der Waals surface area contributed by atoms with Crippen molar-refractivity contribution in [2.45, 2.75) is 39.2 Å². The van der Waals surface area contributed by atoms with E-state index in [1.807, 2.05) is 13.8 Å². The number of aromatic nitrogens is 1. The van der Waals surface area contributed by atoms with E-state index in [1.54, 1.807) is 11.3 Å². The zero-order valence-electron chi connectivity index (χ0n) is 16.3. The minimum absolute atomic E-state index is 0.334. The van der Waals surface area contributed by atoms with E-state index in [0.717, 1.165) is 36.4 Å². The van der Waals surface area contributed by atoms with Gasteiger partial charge in [-0.05, 0) is 32.8 Å². The monoisotopic (exact) mass is 407 g/mol. The fourth-order valence-corrected chi connectivity index (χ4v) is 4.12. The van der Waals surface area contributed by atoms with Crippen LogP contribution in [-0.4, -0.2) is 37.1 Å². The van der Waals surface area contributed by atoms with Crippen molar-refractivity contribution in [3.8, 4) is 0 Å². The van der Waals surface area contributed by atoms with Gasteiger partial charge in [0, 0.05) is 49.6 Å². The fourth-order valence-electron chi connectivity index (χ4n) is 3.20. The highest BCUT2D eigenvalue weighted by Crippen LogP contribution is 2.24. The standard InChI is InChI=1S/C20H27F2N5S/c1-3-23-19(25-14(2)17-7-6-15(21)12-18(17)22)24-9-8-16-13-28-20(26-16)27-10-4-5-11-27/h6-7,12-14H,3-5,8-11H2,1-2H3,(H2,23,24,25). The Morgan fingerprint density at radius 2 is 2.11 bits per heavy atom. The van der Waals surface area contributed by atoms with Crippen LogP contribution >= 0.6 is 11.3 Å². The minimum Gasteiger partial charge on any atom is -0.357 e. The lowest BCUT2D eigenvalue weighted by atomic mass is 10.1. The highest BCUT2D eigenvalue weighted by Gasteiger charge is 2.16. The first kappa shape index (κ1) is 20.5. The van der Waals surface area contributed by atoms with Gasteiger partial charge in [0.25, 0.3) is 0 Å². The summed E-state index contributed by atoms with van der Waals surface area (Å²) in [5, 5.41) is 9.54. The Morgan fingerprint density at radius 3 is 2.82 bits per heavy atom. The van der Waals surface area contributed by atoms with Crippen molar-refractivity contribution in [1.29, 1.82) is 0 Å². The van der Waals surface area contributed by atoms with Crippen LogP contribution in [0.2, 0.25) is 0 Å². The van der Waals surface area contributed by atoms with Gasteiger partial charge >= 0.3 is 0 Å². The average Bonchev–Trinajstić information content (AvgIpc) is 3.33. The zero-order chi connectivity index (χ0) is 19.9. The Balaban J connectivity index is 1.57. The molecule has 8 heteroatoms. The lowest BCUT2D eigenvalue weighted by Gasteiger charge is -2.18. The molecule has 5 nitrogen and oxygen atoms in total. The lowest BCUT2D eigenvalue weighted by molar-refractivity contribution is 0.551. The summed E-state index contributed by atoms with van der Waals surface area (Å²) in [5.41, 5.74) is 1.45. The molecular formula is C20H27F2N5S. The third kappa shape index (κ3) is 5.41. The minimum atomic E-state index is -0.578. The molecule has 1 aliphatic heterocycles. The number of nitrogens with zero attached hydrogens (tertiary/aromatic N) is 3. The Labute approximate surface area is 168 Å². The van der Waals surface area contributed by atoms with Crippen molar-refractivity contribution in [2.75, 3.05) is 31.1 Å². The first-order valence-electron chi connectivity index (χ1n) is 9.76. The van der Waals surface area contributed by atoms with Crippen LogP contribution in [0.5, 0.6) is 0 Å². The summed E-state index contributed by atoms with van der Waals surface area (Å²) in [6.45, 7) is 7.27. The van der Waals surface area contributed by atoms with Crippen LogP contribution in [0.3, 0.4) is 0 Å². The average molecular weight is 408 g/mol. The summed E-state index contributed by atoms with van der Waals surface area (Å²) in [6.07, 6.45) is 3.23. The summed E-state index contributed by atoms with van der Waals surface area (Å²) in [4.78, 5) is 11.6. The Hall–Kier alpha value is -2.22. The van der Waals surface area contributed by atoms with Gasteiger partial charge in [0.15, 0.2) is 11.1 Å². The van der Waals surface area contributed by atoms with Gasteiger partial charge in [-0.2, -0.15) is 0 Å². The van der Waals surface area contributed by atoms with E-state index >= 15 is 0 Å². The SMILES string of the molecule is CCNC(=NCCc1csc(N2CCCC2)n1)NC(C)c1ccc(F)cc1F. The van der Waals surface area contributed by atoms with Crippen LogP contribution in [0.25, 0.3) is 0 Å². The van der Waals surface area contributed by atoms with Gasteiger partial charge in [-0.15, -0.1) is 11.3 Å². The molecule has 28 heavy (non-hydrogen) atoms. The van der Waals surface area contributed by atoms with Crippen LogP contribution in [0.4, 0.5) is 13.9 Å². The number of guanidine groups is 1. The van der Waals surface area contributed by atoms with Crippen molar-refractivity contribution >= 4 is 22.4 Å². The number of hydrogen-bond donors (Lipinski definition) is 2. The molecule has 0 bridgehead atoms. The molecule has 0 saturated carbocycles. The quantitative estimate of drug-likeness (QED) is 0.540. The van der Waals surface area contributed by atoms with Crippen molar-refractivity contribution in [2.24, 2.45) is 4.99 Å². The van der Waals surface area contributed by atoms with E-state index in [9.17, 15) is 8.78 Å². The van der Waals surface area contributed by atoms with Crippen LogP contribution in [0.1, 0.15) is 44.0 Å². The van der Waals surface area contributed by atoms with E-state index in [1.165, 1.54) is 25.0 Å². The number of halogens is 2. The molecule has 1 unspecified atom stereocenters. The topological polar surface area (TPSA) is 52.6 Å².